The fourth-order valence-corrected chi connectivity index (χ4v) is 2.37. The van der Waals surface area contributed by atoms with E-state index in [2.05, 4.69) is 17.1 Å². The lowest BCUT2D eigenvalue weighted by molar-refractivity contribution is -0.121. The van der Waals surface area contributed by atoms with Crippen LogP contribution in [-0.2, 0) is 4.79 Å². The monoisotopic (exact) mass is 313 g/mol. The minimum Gasteiger partial charge on any atom is -0.356 e. The molecule has 1 fully saturated rings. The molecule has 4 nitrogen and oxygen atoms in total. The maximum atomic E-state index is 11.4. The van der Waals surface area contributed by atoms with E-state index in [1.54, 1.807) is 0 Å². The van der Waals surface area contributed by atoms with Crippen LogP contribution < -0.4 is 11.1 Å². The molecule has 0 aromatic rings. The van der Waals surface area contributed by atoms with Crippen molar-refractivity contribution in [2.24, 2.45) is 11.7 Å². The lowest BCUT2D eigenvalue weighted by Crippen LogP contribution is -2.35. The van der Waals surface area contributed by atoms with Crippen LogP contribution in [0.25, 0.3) is 0 Å². The lowest BCUT2D eigenvalue weighted by Gasteiger charge is -2.31. The van der Waals surface area contributed by atoms with Crippen LogP contribution in [0.4, 0.5) is 0 Å². The van der Waals surface area contributed by atoms with Gasteiger partial charge >= 0.3 is 0 Å². The predicted molar refractivity (Wildman–Crippen MR) is 85.2 cm³/mol. The van der Waals surface area contributed by atoms with Gasteiger partial charge in [0.05, 0.1) is 0 Å². The standard InChI is InChI=1S/C13H27N3O.2ClH/c1-3-16-8-5-12(6-9-16)4-7-15-13(17)10-11(2)14;;/h11-12H,3-10,14H2,1-2H3,(H,15,17);2*1H. The number of hydrogen-bond acceptors (Lipinski definition) is 3. The number of amides is 1. The number of halogens is 2. The highest BCUT2D eigenvalue weighted by atomic mass is 35.5. The zero-order chi connectivity index (χ0) is 12.7. The van der Waals surface area contributed by atoms with E-state index in [1.807, 2.05) is 6.92 Å². The first-order chi connectivity index (χ1) is 8.11. The zero-order valence-corrected chi connectivity index (χ0v) is 13.7. The quantitative estimate of drug-likeness (QED) is 0.786. The summed E-state index contributed by atoms with van der Waals surface area (Å²) in [6.45, 7) is 8.48. The third-order valence-electron chi connectivity index (χ3n) is 3.54. The van der Waals surface area contributed by atoms with Gasteiger partial charge in [-0.05, 0) is 51.7 Å². The summed E-state index contributed by atoms with van der Waals surface area (Å²) < 4.78 is 0. The average Bonchev–Trinajstić information content (AvgIpc) is 2.29. The number of rotatable bonds is 6. The summed E-state index contributed by atoms with van der Waals surface area (Å²) in [5, 5.41) is 2.95. The SMILES string of the molecule is CCN1CCC(CCNC(=O)CC(C)N)CC1.Cl.Cl. The van der Waals surface area contributed by atoms with Crippen LogP contribution in [0.15, 0.2) is 0 Å². The first kappa shape index (κ1) is 21.3. The van der Waals surface area contributed by atoms with Gasteiger partial charge in [-0.2, -0.15) is 0 Å². The van der Waals surface area contributed by atoms with Crippen LogP contribution in [0, 0.1) is 5.92 Å². The molecule has 1 amide bonds. The highest BCUT2D eigenvalue weighted by Crippen LogP contribution is 2.19. The van der Waals surface area contributed by atoms with Crippen molar-refractivity contribution in [3.05, 3.63) is 0 Å². The minimum atomic E-state index is -0.0391. The first-order valence-corrected chi connectivity index (χ1v) is 6.86. The topological polar surface area (TPSA) is 58.4 Å². The van der Waals surface area contributed by atoms with Gasteiger partial charge in [-0.1, -0.05) is 6.92 Å². The predicted octanol–water partition coefficient (Wildman–Crippen LogP) is 1.81. The van der Waals surface area contributed by atoms with Crippen LogP contribution >= 0.6 is 24.8 Å². The third-order valence-corrected chi connectivity index (χ3v) is 3.54. The second kappa shape index (κ2) is 11.8. The number of nitrogens with one attached hydrogen (secondary N) is 1. The largest absolute Gasteiger partial charge is 0.356 e. The van der Waals surface area contributed by atoms with E-state index in [0.717, 1.165) is 25.4 Å². The summed E-state index contributed by atoms with van der Waals surface area (Å²) in [5.41, 5.74) is 5.57. The molecule has 1 aliphatic heterocycles. The molecule has 1 heterocycles. The summed E-state index contributed by atoms with van der Waals surface area (Å²) in [5.74, 6) is 0.874. The molecular formula is C13H29Cl2N3O. The Morgan fingerprint density at radius 1 is 1.37 bits per heavy atom. The van der Waals surface area contributed by atoms with Gasteiger partial charge in [-0.15, -0.1) is 24.8 Å². The van der Waals surface area contributed by atoms with Crippen molar-refractivity contribution in [1.82, 2.24) is 10.2 Å². The smallest absolute Gasteiger partial charge is 0.221 e. The van der Waals surface area contributed by atoms with E-state index in [4.69, 9.17) is 5.73 Å². The molecule has 0 aliphatic carbocycles. The highest BCUT2D eigenvalue weighted by molar-refractivity contribution is 5.85. The third kappa shape index (κ3) is 9.50. The van der Waals surface area contributed by atoms with Gasteiger partial charge in [0.15, 0.2) is 0 Å². The minimum absolute atomic E-state index is 0. The van der Waals surface area contributed by atoms with E-state index in [1.165, 1.54) is 25.9 Å². The molecular weight excluding hydrogens is 285 g/mol. The fourth-order valence-electron chi connectivity index (χ4n) is 2.37. The molecule has 0 aromatic heterocycles. The van der Waals surface area contributed by atoms with Crippen LogP contribution in [0.5, 0.6) is 0 Å². The molecule has 0 aromatic carbocycles. The second-order valence-electron chi connectivity index (χ2n) is 5.20. The number of piperidine rings is 1. The Morgan fingerprint density at radius 2 is 1.95 bits per heavy atom. The maximum Gasteiger partial charge on any atom is 0.221 e. The van der Waals surface area contributed by atoms with Crippen molar-refractivity contribution in [3.63, 3.8) is 0 Å². The zero-order valence-electron chi connectivity index (χ0n) is 12.1. The van der Waals surface area contributed by atoms with Gasteiger partial charge in [-0.25, -0.2) is 0 Å². The molecule has 1 rings (SSSR count). The average molecular weight is 314 g/mol. The number of carbonyl (C=O) groups is 1. The summed E-state index contributed by atoms with van der Waals surface area (Å²) in [6.07, 6.45) is 4.10. The van der Waals surface area contributed by atoms with Crippen molar-refractivity contribution in [2.45, 2.75) is 45.6 Å². The molecule has 6 heteroatoms. The molecule has 116 valence electrons. The summed E-state index contributed by atoms with van der Waals surface area (Å²) in [7, 11) is 0. The molecule has 1 unspecified atom stereocenters. The van der Waals surface area contributed by atoms with Gasteiger partial charge < -0.3 is 16.0 Å². The molecule has 3 N–H and O–H groups in total. The molecule has 0 spiro atoms. The molecule has 19 heavy (non-hydrogen) atoms. The molecule has 0 radical (unpaired) electrons. The summed E-state index contributed by atoms with van der Waals surface area (Å²) in [6, 6.07) is -0.0391. The van der Waals surface area contributed by atoms with E-state index in [0.29, 0.717) is 6.42 Å². The summed E-state index contributed by atoms with van der Waals surface area (Å²) >= 11 is 0. The number of likely N-dealkylation sites (tertiary alicyclic amines) is 1. The van der Waals surface area contributed by atoms with Gasteiger partial charge in [-0.3, -0.25) is 4.79 Å². The van der Waals surface area contributed by atoms with Crippen LogP contribution in [0.3, 0.4) is 0 Å². The fraction of sp³-hybridized carbons (Fsp3) is 0.923. The van der Waals surface area contributed by atoms with Gasteiger partial charge in [0.2, 0.25) is 5.91 Å². The van der Waals surface area contributed by atoms with Crippen LogP contribution in [0.2, 0.25) is 0 Å². The molecule has 0 saturated carbocycles. The Bertz CT molecular complexity index is 232. The van der Waals surface area contributed by atoms with E-state index in [-0.39, 0.29) is 36.8 Å². The van der Waals surface area contributed by atoms with Gasteiger partial charge in [0.25, 0.3) is 0 Å². The van der Waals surface area contributed by atoms with Crippen molar-refractivity contribution in [2.75, 3.05) is 26.2 Å². The van der Waals surface area contributed by atoms with Crippen LogP contribution in [-0.4, -0.2) is 43.0 Å². The Balaban J connectivity index is 0. The van der Waals surface area contributed by atoms with E-state index < -0.39 is 0 Å². The Hall–Kier alpha value is -0.0300. The van der Waals surface area contributed by atoms with Crippen molar-refractivity contribution < 1.29 is 4.79 Å². The lowest BCUT2D eigenvalue weighted by atomic mass is 9.93. The van der Waals surface area contributed by atoms with Gasteiger partial charge in [0, 0.05) is 19.0 Å². The van der Waals surface area contributed by atoms with Crippen molar-refractivity contribution >= 4 is 30.7 Å². The Kier molecular flexibility index (Phi) is 13.2. The molecule has 1 aliphatic rings. The Morgan fingerprint density at radius 3 is 2.42 bits per heavy atom. The first-order valence-electron chi connectivity index (χ1n) is 6.86. The van der Waals surface area contributed by atoms with Crippen molar-refractivity contribution in [3.8, 4) is 0 Å². The van der Waals surface area contributed by atoms with Crippen LogP contribution in [0.1, 0.15) is 39.5 Å². The number of carbonyl (C=O) groups excluding carboxylic acids is 1. The van der Waals surface area contributed by atoms with Crippen molar-refractivity contribution in [1.29, 1.82) is 0 Å². The van der Waals surface area contributed by atoms with Gasteiger partial charge in [0.1, 0.15) is 0 Å². The van der Waals surface area contributed by atoms with E-state index in [9.17, 15) is 4.79 Å². The molecule has 1 saturated heterocycles. The maximum absolute atomic E-state index is 11.4. The number of nitrogens with zero attached hydrogens (tertiary/aromatic N) is 1. The normalized spacial score (nSPS) is 18.1. The Labute approximate surface area is 129 Å². The van der Waals surface area contributed by atoms with E-state index >= 15 is 0 Å². The number of hydrogen-bond donors (Lipinski definition) is 2. The molecule has 0 bridgehead atoms. The number of nitrogens with two attached hydrogens (primary N) is 1. The summed E-state index contributed by atoms with van der Waals surface area (Å²) in [4.78, 5) is 13.9. The molecule has 1 atom stereocenters. The highest BCUT2D eigenvalue weighted by Gasteiger charge is 2.17. The second-order valence-corrected chi connectivity index (χ2v) is 5.20.